The Morgan fingerprint density at radius 2 is 1.56 bits per heavy atom. The Bertz CT molecular complexity index is 1920. The van der Waals surface area contributed by atoms with Crippen molar-refractivity contribution in [2.75, 3.05) is 0 Å². The van der Waals surface area contributed by atoms with Crippen molar-refractivity contribution in [1.82, 2.24) is 0 Å². The van der Waals surface area contributed by atoms with Gasteiger partial charge in [-0.2, -0.15) is 0 Å². The van der Waals surface area contributed by atoms with Crippen LogP contribution in [-0.4, -0.2) is 32.7 Å². The number of rotatable bonds is 5. The fourth-order valence-electron chi connectivity index (χ4n) is 5.40. The molecule has 0 aliphatic carbocycles. The Hall–Kier alpha value is -5.37. The largest absolute Gasteiger partial charge is 0.504 e. The van der Waals surface area contributed by atoms with Crippen molar-refractivity contribution < 1.29 is 39.4 Å². The van der Waals surface area contributed by atoms with Crippen LogP contribution in [0.4, 0.5) is 0 Å². The van der Waals surface area contributed by atoms with Gasteiger partial charge in [-0.25, -0.2) is 4.79 Å². The van der Waals surface area contributed by atoms with Crippen LogP contribution in [0.5, 0.6) is 34.5 Å². The number of hydrogen-bond acceptors (Lipinski definition) is 8. The van der Waals surface area contributed by atoms with Gasteiger partial charge in [-0.05, 0) is 76.5 Å². The summed E-state index contributed by atoms with van der Waals surface area (Å²) >= 11 is 0. The molecule has 1 heterocycles. The Balaban J connectivity index is 1.47. The predicted octanol–water partition coefficient (Wildman–Crippen LogP) is 7.34. The highest BCUT2D eigenvalue weighted by Gasteiger charge is 2.39. The van der Waals surface area contributed by atoms with Crippen LogP contribution in [0.15, 0.2) is 78.9 Å². The van der Waals surface area contributed by atoms with Gasteiger partial charge in [-0.3, -0.25) is 0 Å². The van der Waals surface area contributed by atoms with Crippen molar-refractivity contribution >= 4 is 33.6 Å². The SMILES string of the molecule is Cc1cccc2c1ccc1cc(C(C)C)c3c(c12)O[C@@H](c1ccc(O)c(O)c1)[C@@H](OC(=O)/C=C/c1ccc(O)c(O)c1)O3. The first-order valence-electron chi connectivity index (χ1n) is 13.9. The molecule has 0 saturated carbocycles. The second-order valence-electron chi connectivity index (χ2n) is 10.9. The quantitative estimate of drug-likeness (QED) is 0.0739. The van der Waals surface area contributed by atoms with Crippen molar-refractivity contribution in [2.45, 2.75) is 39.1 Å². The first-order valence-corrected chi connectivity index (χ1v) is 13.9. The molecular formula is C35H30O8. The topological polar surface area (TPSA) is 126 Å². The van der Waals surface area contributed by atoms with E-state index in [0.29, 0.717) is 22.6 Å². The summed E-state index contributed by atoms with van der Waals surface area (Å²) in [6.07, 6.45) is 0.353. The second kappa shape index (κ2) is 10.8. The van der Waals surface area contributed by atoms with Crippen molar-refractivity contribution in [2.24, 2.45) is 0 Å². The Morgan fingerprint density at radius 3 is 2.28 bits per heavy atom. The summed E-state index contributed by atoms with van der Waals surface area (Å²) in [4.78, 5) is 13.0. The zero-order chi connectivity index (χ0) is 30.4. The van der Waals surface area contributed by atoms with Crippen molar-refractivity contribution in [1.29, 1.82) is 0 Å². The van der Waals surface area contributed by atoms with E-state index in [2.05, 4.69) is 18.2 Å². The Kier molecular flexibility index (Phi) is 6.98. The highest BCUT2D eigenvalue weighted by molar-refractivity contribution is 6.12. The van der Waals surface area contributed by atoms with E-state index >= 15 is 0 Å². The summed E-state index contributed by atoms with van der Waals surface area (Å²) in [5.74, 6) is -0.997. The minimum atomic E-state index is -1.26. The van der Waals surface area contributed by atoms with E-state index in [4.69, 9.17) is 14.2 Å². The van der Waals surface area contributed by atoms with Gasteiger partial charge in [-0.1, -0.05) is 56.3 Å². The lowest BCUT2D eigenvalue weighted by atomic mass is 9.92. The van der Waals surface area contributed by atoms with E-state index in [1.54, 1.807) is 6.07 Å². The molecule has 5 aromatic rings. The third-order valence-electron chi connectivity index (χ3n) is 7.64. The van der Waals surface area contributed by atoms with Crippen LogP contribution >= 0.6 is 0 Å². The van der Waals surface area contributed by atoms with Gasteiger partial charge in [-0.15, -0.1) is 0 Å². The monoisotopic (exact) mass is 578 g/mol. The van der Waals surface area contributed by atoms with Crippen LogP contribution in [-0.2, 0) is 9.53 Å². The first kappa shape index (κ1) is 27.8. The number of fused-ring (bicyclic) bond motifs is 5. The van der Waals surface area contributed by atoms with E-state index in [-0.39, 0.29) is 28.9 Å². The van der Waals surface area contributed by atoms with Gasteiger partial charge in [0.25, 0.3) is 6.29 Å². The molecule has 8 heteroatoms. The summed E-state index contributed by atoms with van der Waals surface area (Å²) in [5, 5.41) is 43.5. The normalized spacial score (nSPS) is 16.3. The molecule has 0 bridgehead atoms. The average Bonchev–Trinajstić information content (AvgIpc) is 2.98. The number of carbonyl (C=O) groups excluding carboxylic acids is 1. The number of aromatic hydroxyl groups is 4. The van der Waals surface area contributed by atoms with Gasteiger partial charge in [0.05, 0.1) is 0 Å². The van der Waals surface area contributed by atoms with Crippen LogP contribution in [0.25, 0.3) is 27.6 Å². The van der Waals surface area contributed by atoms with Gasteiger partial charge < -0.3 is 34.6 Å². The molecule has 0 fully saturated rings. The third-order valence-corrected chi connectivity index (χ3v) is 7.64. The molecule has 43 heavy (non-hydrogen) atoms. The lowest BCUT2D eigenvalue weighted by Gasteiger charge is -2.35. The van der Waals surface area contributed by atoms with Gasteiger partial charge in [0, 0.05) is 22.6 Å². The van der Waals surface area contributed by atoms with Gasteiger partial charge >= 0.3 is 5.97 Å². The number of carbonyl (C=O) groups is 1. The lowest BCUT2D eigenvalue weighted by Crippen LogP contribution is -2.37. The van der Waals surface area contributed by atoms with Crippen LogP contribution in [0.1, 0.15) is 48.1 Å². The Morgan fingerprint density at radius 1 is 0.814 bits per heavy atom. The Labute approximate surface area is 247 Å². The minimum Gasteiger partial charge on any atom is -0.504 e. The summed E-state index contributed by atoms with van der Waals surface area (Å²) in [7, 11) is 0. The fourth-order valence-corrected chi connectivity index (χ4v) is 5.40. The minimum absolute atomic E-state index is 0.0441. The van der Waals surface area contributed by atoms with Crippen LogP contribution in [0, 0.1) is 6.92 Å². The predicted molar refractivity (Wildman–Crippen MR) is 163 cm³/mol. The molecule has 0 radical (unpaired) electrons. The van der Waals surface area contributed by atoms with Crippen molar-refractivity contribution in [3.05, 3.63) is 101 Å². The number of benzene rings is 5. The van der Waals surface area contributed by atoms with E-state index in [0.717, 1.165) is 32.7 Å². The number of hydrogen-bond donors (Lipinski definition) is 4. The maximum atomic E-state index is 13.0. The number of phenolic OH excluding ortho intramolecular Hbond substituents is 4. The number of esters is 1. The van der Waals surface area contributed by atoms with Crippen LogP contribution in [0.3, 0.4) is 0 Å². The maximum Gasteiger partial charge on any atom is 0.334 e. The molecule has 8 nitrogen and oxygen atoms in total. The summed E-state index contributed by atoms with van der Waals surface area (Å²) in [6.45, 7) is 6.12. The molecular weight excluding hydrogens is 548 g/mol. The molecule has 0 unspecified atom stereocenters. The maximum absolute atomic E-state index is 13.0. The molecule has 0 saturated heterocycles. The highest BCUT2D eigenvalue weighted by atomic mass is 16.7. The van der Waals surface area contributed by atoms with Gasteiger partial charge in [0.1, 0.15) is 0 Å². The molecule has 5 aromatic carbocycles. The zero-order valence-electron chi connectivity index (χ0n) is 23.7. The lowest BCUT2D eigenvalue weighted by molar-refractivity contribution is -0.177. The molecule has 1 aliphatic heterocycles. The third kappa shape index (κ3) is 5.12. The van der Waals surface area contributed by atoms with E-state index in [1.165, 1.54) is 42.5 Å². The molecule has 4 N–H and O–H groups in total. The average molecular weight is 579 g/mol. The van der Waals surface area contributed by atoms with Gasteiger partial charge in [0.2, 0.25) is 0 Å². The first-order chi connectivity index (χ1) is 20.6. The molecule has 1 aliphatic rings. The van der Waals surface area contributed by atoms with Gasteiger partial charge in [0.15, 0.2) is 40.6 Å². The van der Waals surface area contributed by atoms with Crippen LogP contribution < -0.4 is 9.47 Å². The molecule has 0 spiro atoms. The molecule has 218 valence electrons. The molecule has 6 rings (SSSR count). The van der Waals surface area contributed by atoms with E-state index in [1.807, 2.05) is 39.0 Å². The molecule has 0 aromatic heterocycles. The van der Waals surface area contributed by atoms with Crippen LogP contribution in [0.2, 0.25) is 0 Å². The number of aryl methyl sites for hydroxylation is 1. The zero-order valence-corrected chi connectivity index (χ0v) is 23.7. The highest BCUT2D eigenvalue weighted by Crippen LogP contribution is 2.51. The van der Waals surface area contributed by atoms with E-state index < -0.39 is 18.4 Å². The number of ether oxygens (including phenoxy) is 3. The molecule has 0 amide bonds. The smallest absolute Gasteiger partial charge is 0.334 e. The summed E-state index contributed by atoms with van der Waals surface area (Å²) in [5.41, 5.74) is 2.87. The van der Waals surface area contributed by atoms with Crippen molar-refractivity contribution in [3.8, 4) is 34.5 Å². The fraction of sp³-hybridized carbons (Fsp3) is 0.171. The summed E-state index contributed by atoms with van der Waals surface area (Å²) in [6, 6.07) is 20.7. The van der Waals surface area contributed by atoms with Crippen molar-refractivity contribution in [3.63, 3.8) is 0 Å². The summed E-state index contributed by atoms with van der Waals surface area (Å²) < 4.78 is 19.0. The molecule has 2 atom stereocenters. The van der Waals surface area contributed by atoms with E-state index in [9.17, 15) is 25.2 Å². The standard InChI is InChI=1S/C35H30O8/c1-18(2)25-16-21-9-11-23-19(3)5-4-6-24(23)31(21)34-33(25)43-35(32(42-34)22-10-13-27(37)29(39)17-22)41-30(40)14-8-20-7-12-26(36)28(38)15-20/h4-18,32,35-39H,1-3H3/b14-8+/t32-,35-/m0/s1. The second-order valence-corrected chi connectivity index (χ2v) is 10.9. The number of phenols is 4.